The first-order chi connectivity index (χ1) is 7.06. The van der Waals surface area contributed by atoms with Crippen molar-refractivity contribution in [2.75, 3.05) is 13.1 Å². The Kier molecular flexibility index (Phi) is 4.69. The third-order valence-corrected chi connectivity index (χ3v) is 3.13. The maximum absolute atomic E-state index is 8.80. The number of hydrogen-bond acceptors (Lipinski definition) is 2. The summed E-state index contributed by atoms with van der Waals surface area (Å²) in [4.78, 5) is 2.19. The molecule has 1 aliphatic heterocycles. The molecular formula is C11H14BrClN2. The predicted octanol–water partition coefficient (Wildman–Crippen LogP) is 3.60. The molecule has 1 aliphatic rings. The topological polar surface area (TPSA) is 27.0 Å². The fraction of sp³-hybridized carbons (Fsp3) is 0.545. The van der Waals surface area contributed by atoms with Gasteiger partial charge < -0.3 is 4.90 Å². The number of nitrogens with zero attached hydrogens (tertiary/aromatic N) is 2. The van der Waals surface area contributed by atoms with Gasteiger partial charge in [0.1, 0.15) is 0 Å². The zero-order valence-corrected chi connectivity index (χ0v) is 11.1. The van der Waals surface area contributed by atoms with Crippen LogP contribution < -0.4 is 0 Å². The Hall–Kier alpha value is -0.460. The molecule has 0 N–H and O–H groups in total. The zero-order valence-electron chi connectivity index (χ0n) is 8.76. The summed E-state index contributed by atoms with van der Waals surface area (Å²) < 4.78 is 0.998. The van der Waals surface area contributed by atoms with Crippen LogP contribution in [0.25, 0.3) is 0 Å². The molecule has 0 aliphatic carbocycles. The van der Waals surface area contributed by atoms with Crippen LogP contribution in [0.2, 0.25) is 0 Å². The van der Waals surface area contributed by atoms with E-state index in [4.69, 9.17) is 16.9 Å². The highest BCUT2D eigenvalue weighted by molar-refractivity contribution is 9.11. The Morgan fingerprint density at radius 1 is 1.53 bits per heavy atom. The lowest BCUT2D eigenvalue weighted by Gasteiger charge is -2.33. The van der Waals surface area contributed by atoms with Gasteiger partial charge in [-0.05, 0) is 19.8 Å². The standard InChI is InChI=1S/C11H14BrClN2/c1-8(12)11(9(2)13)15-5-3-10(7-14)4-6-15/h10H,2-6H2,1H3. The Labute approximate surface area is 104 Å². The molecule has 0 aromatic carbocycles. The molecular weight excluding hydrogens is 275 g/mol. The lowest BCUT2D eigenvalue weighted by atomic mass is 9.98. The molecule has 4 heteroatoms. The van der Waals surface area contributed by atoms with Crippen molar-refractivity contribution in [3.8, 4) is 6.07 Å². The molecule has 0 bridgehead atoms. The monoisotopic (exact) mass is 288 g/mol. The van der Waals surface area contributed by atoms with Gasteiger partial charge in [-0.2, -0.15) is 5.26 Å². The molecule has 0 spiro atoms. The largest absolute Gasteiger partial charge is 0.370 e. The minimum Gasteiger partial charge on any atom is -0.370 e. The normalized spacial score (nSPS) is 19.5. The van der Waals surface area contributed by atoms with Crippen molar-refractivity contribution in [3.63, 3.8) is 0 Å². The lowest BCUT2D eigenvalue weighted by Crippen LogP contribution is -2.33. The zero-order chi connectivity index (χ0) is 11.4. The maximum atomic E-state index is 8.80. The summed E-state index contributed by atoms with van der Waals surface area (Å²) in [5.74, 6) is 0.196. The van der Waals surface area contributed by atoms with E-state index in [1.165, 1.54) is 0 Å². The summed E-state index contributed by atoms with van der Waals surface area (Å²) in [5.41, 5.74) is 0.966. The van der Waals surface area contributed by atoms with Gasteiger partial charge in [0.05, 0.1) is 16.8 Å². The van der Waals surface area contributed by atoms with Crippen LogP contribution in [0.5, 0.6) is 0 Å². The Morgan fingerprint density at radius 2 is 2.07 bits per heavy atom. The summed E-state index contributed by atoms with van der Waals surface area (Å²) in [6.45, 7) is 7.47. The van der Waals surface area contributed by atoms with E-state index in [1.54, 1.807) is 0 Å². The van der Waals surface area contributed by atoms with Crippen molar-refractivity contribution < 1.29 is 0 Å². The van der Waals surface area contributed by atoms with E-state index >= 15 is 0 Å². The van der Waals surface area contributed by atoms with Crippen LogP contribution in [0, 0.1) is 17.2 Å². The molecule has 15 heavy (non-hydrogen) atoms. The van der Waals surface area contributed by atoms with Crippen LogP contribution in [0.3, 0.4) is 0 Å². The van der Waals surface area contributed by atoms with Gasteiger partial charge in [0, 0.05) is 23.5 Å². The van der Waals surface area contributed by atoms with Crippen molar-refractivity contribution in [1.82, 2.24) is 4.90 Å². The van der Waals surface area contributed by atoms with E-state index in [2.05, 4.69) is 33.5 Å². The molecule has 0 radical (unpaired) electrons. The second kappa shape index (κ2) is 5.58. The smallest absolute Gasteiger partial charge is 0.0657 e. The number of halogens is 2. The van der Waals surface area contributed by atoms with Gasteiger partial charge in [-0.25, -0.2) is 0 Å². The van der Waals surface area contributed by atoms with Crippen molar-refractivity contribution in [2.45, 2.75) is 19.8 Å². The van der Waals surface area contributed by atoms with E-state index in [1.807, 2.05) is 6.92 Å². The second-order valence-electron chi connectivity index (χ2n) is 3.68. The Morgan fingerprint density at radius 3 is 2.40 bits per heavy atom. The molecule has 1 rings (SSSR count). The van der Waals surface area contributed by atoms with Gasteiger partial charge in [0.25, 0.3) is 0 Å². The fourth-order valence-electron chi connectivity index (χ4n) is 1.81. The molecule has 0 aromatic rings. The number of hydrogen-bond donors (Lipinski definition) is 0. The molecule has 0 atom stereocenters. The number of likely N-dealkylation sites (tertiary alicyclic amines) is 1. The average Bonchev–Trinajstić information content (AvgIpc) is 2.18. The molecule has 1 saturated heterocycles. The third-order valence-electron chi connectivity index (χ3n) is 2.58. The fourth-order valence-corrected chi connectivity index (χ4v) is 2.67. The van der Waals surface area contributed by atoms with Crippen LogP contribution >= 0.6 is 27.5 Å². The molecule has 0 unspecified atom stereocenters. The summed E-state index contributed by atoms with van der Waals surface area (Å²) in [7, 11) is 0. The summed E-state index contributed by atoms with van der Waals surface area (Å²) >= 11 is 9.39. The van der Waals surface area contributed by atoms with Crippen molar-refractivity contribution in [3.05, 3.63) is 21.8 Å². The van der Waals surface area contributed by atoms with Gasteiger partial charge in [0.15, 0.2) is 0 Å². The Balaban J connectivity index is 2.71. The molecule has 0 aromatic heterocycles. The molecule has 0 saturated carbocycles. The van der Waals surface area contributed by atoms with Gasteiger partial charge in [-0.3, -0.25) is 0 Å². The maximum Gasteiger partial charge on any atom is 0.0657 e. The highest BCUT2D eigenvalue weighted by atomic mass is 79.9. The van der Waals surface area contributed by atoms with E-state index < -0.39 is 0 Å². The number of nitriles is 1. The summed E-state index contributed by atoms with van der Waals surface area (Å²) in [6.07, 6.45) is 1.81. The van der Waals surface area contributed by atoms with E-state index in [-0.39, 0.29) is 5.92 Å². The van der Waals surface area contributed by atoms with Crippen LogP contribution in [0.1, 0.15) is 19.8 Å². The summed E-state index contributed by atoms with van der Waals surface area (Å²) in [5, 5.41) is 9.36. The number of piperidine rings is 1. The van der Waals surface area contributed by atoms with E-state index in [0.717, 1.165) is 36.1 Å². The van der Waals surface area contributed by atoms with Crippen LogP contribution in [0.4, 0.5) is 0 Å². The van der Waals surface area contributed by atoms with Crippen molar-refractivity contribution in [1.29, 1.82) is 5.26 Å². The first kappa shape index (κ1) is 12.6. The quantitative estimate of drug-likeness (QED) is 0.726. The van der Waals surface area contributed by atoms with Gasteiger partial charge in [-0.15, -0.1) is 0 Å². The number of rotatable bonds is 2. The molecule has 82 valence electrons. The molecule has 2 nitrogen and oxygen atoms in total. The highest BCUT2D eigenvalue weighted by Gasteiger charge is 2.22. The minimum atomic E-state index is 0.196. The van der Waals surface area contributed by atoms with E-state index in [0.29, 0.717) is 5.03 Å². The second-order valence-corrected chi connectivity index (χ2v) is 5.32. The van der Waals surface area contributed by atoms with Gasteiger partial charge in [0.2, 0.25) is 0 Å². The first-order valence-corrected chi connectivity index (χ1v) is 6.09. The summed E-state index contributed by atoms with van der Waals surface area (Å²) in [6, 6.07) is 2.31. The molecule has 0 amide bonds. The predicted molar refractivity (Wildman–Crippen MR) is 66.5 cm³/mol. The highest BCUT2D eigenvalue weighted by Crippen LogP contribution is 2.28. The third kappa shape index (κ3) is 3.25. The minimum absolute atomic E-state index is 0.196. The molecule has 1 heterocycles. The molecule has 1 fully saturated rings. The first-order valence-electron chi connectivity index (χ1n) is 4.92. The van der Waals surface area contributed by atoms with Crippen LogP contribution in [-0.4, -0.2) is 18.0 Å². The lowest BCUT2D eigenvalue weighted by molar-refractivity contribution is 0.260. The Bertz CT molecular complexity index is 318. The van der Waals surface area contributed by atoms with Crippen molar-refractivity contribution >= 4 is 27.5 Å². The SMILES string of the molecule is C=C(Cl)C(=C(C)Br)N1CCC(C#N)CC1. The van der Waals surface area contributed by atoms with E-state index in [9.17, 15) is 0 Å². The van der Waals surface area contributed by atoms with Crippen molar-refractivity contribution in [2.24, 2.45) is 5.92 Å². The van der Waals surface area contributed by atoms with Gasteiger partial charge >= 0.3 is 0 Å². The van der Waals surface area contributed by atoms with Crippen LogP contribution in [-0.2, 0) is 0 Å². The average molecular weight is 290 g/mol. The van der Waals surface area contributed by atoms with Gasteiger partial charge in [-0.1, -0.05) is 34.1 Å². The number of allylic oxidation sites excluding steroid dienone is 2. The van der Waals surface area contributed by atoms with Crippen LogP contribution in [0.15, 0.2) is 21.8 Å².